The minimum Gasteiger partial charge on any atom is -0.353 e. The molecule has 14 heavy (non-hydrogen) atoms. The Labute approximate surface area is 87.4 Å². The van der Waals surface area contributed by atoms with Crippen LogP contribution in [0.4, 0.5) is 0 Å². The maximum Gasteiger partial charge on any atom is 0.0956 e. The topological polar surface area (TPSA) is 27.6 Å². The van der Waals surface area contributed by atoms with E-state index in [1.165, 1.54) is 38.5 Å². The lowest BCUT2D eigenvalue weighted by molar-refractivity contribution is -0.511. The molecule has 0 aliphatic heterocycles. The molecule has 1 heteroatoms. The van der Waals surface area contributed by atoms with Crippen molar-refractivity contribution in [2.24, 2.45) is 23.2 Å². The molecule has 4 saturated carbocycles. The molecule has 0 spiro atoms. The quantitative estimate of drug-likeness (QED) is 0.663. The second-order valence-electron chi connectivity index (χ2n) is 6.98. The van der Waals surface area contributed by atoms with Gasteiger partial charge < -0.3 is 5.73 Å². The molecular formula is C13H24N+. The summed E-state index contributed by atoms with van der Waals surface area (Å²) >= 11 is 0. The van der Waals surface area contributed by atoms with E-state index in [2.05, 4.69) is 19.6 Å². The van der Waals surface area contributed by atoms with Crippen LogP contribution in [0.2, 0.25) is 0 Å². The lowest BCUT2D eigenvalue weighted by Gasteiger charge is -2.60. The molecule has 2 unspecified atom stereocenters. The van der Waals surface area contributed by atoms with Crippen LogP contribution in [0.1, 0.15) is 52.4 Å². The van der Waals surface area contributed by atoms with Crippen LogP contribution < -0.4 is 5.73 Å². The molecule has 4 bridgehead atoms. The lowest BCUT2D eigenvalue weighted by Crippen LogP contribution is -2.79. The molecule has 4 fully saturated rings. The minimum atomic E-state index is 0.494. The van der Waals surface area contributed by atoms with E-state index in [0.717, 1.165) is 17.8 Å². The van der Waals surface area contributed by atoms with E-state index in [-0.39, 0.29) is 0 Å². The van der Waals surface area contributed by atoms with E-state index in [9.17, 15) is 0 Å². The summed E-state index contributed by atoms with van der Waals surface area (Å²) in [6.45, 7) is 4.88. The molecule has 0 aromatic heterocycles. The summed E-state index contributed by atoms with van der Waals surface area (Å²) in [6.07, 6.45) is 8.91. The molecular weight excluding hydrogens is 170 g/mol. The van der Waals surface area contributed by atoms with Crippen LogP contribution in [-0.4, -0.2) is 5.54 Å². The summed E-state index contributed by atoms with van der Waals surface area (Å²) in [5.41, 5.74) is 5.75. The van der Waals surface area contributed by atoms with Crippen molar-refractivity contribution in [1.82, 2.24) is 0 Å². The standard InChI is InChI=1S/C13H23N/c1-9(2)12-4-10-3-11(5-12)7-13(14,6-10)8-12/h9-11H,3-8,14H2,1-2H3/p+1. The maximum atomic E-state index is 4.56. The van der Waals surface area contributed by atoms with Crippen LogP contribution in [0.3, 0.4) is 0 Å². The molecule has 0 heterocycles. The number of rotatable bonds is 1. The second-order valence-corrected chi connectivity index (χ2v) is 6.98. The highest BCUT2D eigenvalue weighted by atomic mass is 14.8. The highest BCUT2D eigenvalue weighted by molar-refractivity contribution is 5.08. The molecule has 1 nitrogen and oxygen atoms in total. The fraction of sp³-hybridized carbons (Fsp3) is 1.00. The van der Waals surface area contributed by atoms with Gasteiger partial charge in [-0.25, -0.2) is 0 Å². The largest absolute Gasteiger partial charge is 0.353 e. The third kappa shape index (κ3) is 1.11. The Balaban J connectivity index is 1.96. The average molecular weight is 194 g/mol. The van der Waals surface area contributed by atoms with E-state index < -0.39 is 0 Å². The van der Waals surface area contributed by atoms with Crippen molar-refractivity contribution >= 4 is 0 Å². The van der Waals surface area contributed by atoms with Crippen molar-refractivity contribution in [3.63, 3.8) is 0 Å². The Hall–Kier alpha value is -0.0400. The second kappa shape index (κ2) is 2.55. The zero-order chi connectivity index (χ0) is 9.97. The molecule has 2 atom stereocenters. The van der Waals surface area contributed by atoms with Crippen LogP contribution in [0, 0.1) is 23.2 Å². The summed E-state index contributed by atoms with van der Waals surface area (Å²) in [5.74, 6) is 2.96. The molecule has 4 rings (SSSR count). The lowest BCUT2D eigenvalue weighted by atomic mass is 9.44. The predicted octanol–water partition coefficient (Wildman–Crippen LogP) is 2.22. The normalized spacial score (nSPS) is 55.7. The first-order chi connectivity index (χ1) is 6.51. The Morgan fingerprint density at radius 2 is 1.64 bits per heavy atom. The molecule has 0 saturated heterocycles. The van der Waals surface area contributed by atoms with Gasteiger partial charge in [0.2, 0.25) is 0 Å². The fourth-order valence-corrected chi connectivity index (χ4v) is 5.20. The third-order valence-corrected chi connectivity index (χ3v) is 5.45. The van der Waals surface area contributed by atoms with Gasteiger partial charge in [-0.15, -0.1) is 0 Å². The van der Waals surface area contributed by atoms with Crippen molar-refractivity contribution in [2.75, 3.05) is 0 Å². The van der Waals surface area contributed by atoms with Crippen LogP contribution in [0.25, 0.3) is 0 Å². The van der Waals surface area contributed by atoms with Gasteiger partial charge in [0.1, 0.15) is 0 Å². The molecule has 0 radical (unpaired) electrons. The van der Waals surface area contributed by atoms with Crippen molar-refractivity contribution in [3.8, 4) is 0 Å². The Morgan fingerprint density at radius 3 is 2.07 bits per heavy atom. The molecule has 4 aliphatic carbocycles. The Kier molecular flexibility index (Phi) is 1.68. The average Bonchev–Trinajstić information content (AvgIpc) is 1.98. The summed E-state index contributed by atoms with van der Waals surface area (Å²) < 4.78 is 0. The van der Waals surface area contributed by atoms with Crippen LogP contribution in [0.15, 0.2) is 0 Å². The van der Waals surface area contributed by atoms with E-state index in [0.29, 0.717) is 11.0 Å². The fourth-order valence-electron chi connectivity index (χ4n) is 5.20. The SMILES string of the molecule is CC(C)C12CC3CC(CC([NH3+])(C3)C1)C2. The van der Waals surface area contributed by atoms with E-state index in [4.69, 9.17) is 0 Å². The monoisotopic (exact) mass is 194 g/mol. The smallest absolute Gasteiger partial charge is 0.0956 e. The molecule has 0 aromatic rings. The van der Waals surface area contributed by atoms with Gasteiger partial charge >= 0.3 is 0 Å². The van der Waals surface area contributed by atoms with Crippen LogP contribution in [-0.2, 0) is 0 Å². The summed E-state index contributed by atoms with van der Waals surface area (Å²) in [5, 5.41) is 0. The molecule has 80 valence electrons. The number of hydrogen-bond acceptors (Lipinski definition) is 0. The van der Waals surface area contributed by atoms with Gasteiger partial charge in [0, 0.05) is 19.3 Å². The van der Waals surface area contributed by atoms with Crippen molar-refractivity contribution in [3.05, 3.63) is 0 Å². The van der Waals surface area contributed by atoms with E-state index in [1.54, 1.807) is 0 Å². The zero-order valence-electron chi connectivity index (χ0n) is 9.68. The number of quaternary nitrogens is 1. The Morgan fingerprint density at radius 1 is 1.07 bits per heavy atom. The molecule has 0 amide bonds. The minimum absolute atomic E-state index is 0.494. The van der Waals surface area contributed by atoms with Crippen molar-refractivity contribution < 1.29 is 5.73 Å². The van der Waals surface area contributed by atoms with Gasteiger partial charge in [-0.05, 0) is 42.4 Å². The van der Waals surface area contributed by atoms with Crippen LogP contribution >= 0.6 is 0 Å². The Bertz CT molecular complexity index is 242. The van der Waals surface area contributed by atoms with E-state index >= 15 is 0 Å². The molecule has 4 aliphatic rings. The van der Waals surface area contributed by atoms with Gasteiger partial charge in [0.25, 0.3) is 0 Å². The van der Waals surface area contributed by atoms with Crippen molar-refractivity contribution in [1.29, 1.82) is 0 Å². The number of hydrogen-bond donors (Lipinski definition) is 1. The first-order valence-electron chi connectivity index (χ1n) is 6.37. The van der Waals surface area contributed by atoms with Gasteiger partial charge in [0.05, 0.1) is 5.54 Å². The van der Waals surface area contributed by atoms with Crippen molar-refractivity contribution in [2.45, 2.75) is 57.9 Å². The summed E-state index contributed by atoms with van der Waals surface area (Å²) in [6, 6.07) is 0. The highest BCUT2D eigenvalue weighted by Gasteiger charge is 2.59. The van der Waals surface area contributed by atoms with Crippen LogP contribution in [0.5, 0.6) is 0 Å². The molecule has 0 aromatic carbocycles. The molecule has 3 N–H and O–H groups in total. The highest BCUT2D eigenvalue weighted by Crippen LogP contribution is 2.62. The maximum absolute atomic E-state index is 4.56. The van der Waals surface area contributed by atoms with Gasteiger partial charge in [0.15, 0.2) is 0 Å². The summed E-state index contributed by atoms with van der Waals surface area (Å²) in [4.78, 5) is 0. The van der Waals surface area contributed by atoms with Gasteiger partial charge in [-0.1, -0.05) is 13.8 Å². The summed E-state index contributed by atoms with van der Waals surface area (Å²) in [7, 11) is 0. The third-order valence-electron chi connectivity index (χ3n) is 5.45. The predicted molar refractivity (Wildman–Crippen MR) is 57.6 cm³/mol. The zero-order valence-corrected chi connectivity index (χ0v) is 9.68. The first-order valence-corrected chi connectivity index (χ1v) is 6.37. The first kappa shape index (κ1) is 9.21. The van der Waals surface area contributed by atoms with Gasteiger partial charge in [-0.3, -0.25) is 0 Å². The van der Waals surface area contributed by atoms with Gasteiger partial charge in [-0.2, -0.15) is 0 Å². The van der Waals surface area contributed by atoms with E-state index in [1.807, 2.05) is 0 Å².